The topological polar surface area (TPSA) is 92.1 Å². The van der Waals surface area contributed by atoms with Crippen LogP contribution in [-0.4, -0.2) is 32.0 Å². The number of nitrogen functional groups attached to an aromatic ring is 1. The fourth-order valence-electron chi connectivity index (χ4n) is 3.30. The van der Waals surface area contributed by atoms with E-state index in [1.807, 2.05) is 0 Å². The number of nitrogens with zero attached hydrogens (tertiary/aromatic N) is 3. The Labute approximate surface area is 180 Å². The summed E-state index contributed by atoms with van der Waals surface area (Å²) < 4.78 is 60.4. The lowest BCUT2D eigenvalue weighted by Crippen LogP contribution is -2.30. The van der Waals surface area contributed by atoms with Crippen LogP contribution in [0.5, 0.6) is 0 Å². The van der Waals surface area contributed by atoms with Crippen LogP contribution in [0.3, 0.4) is 0 Å². The number of ether oxygens (including phenoxy) is 1. The van der Waals surface area contributed by atoms with Crippen LogP contribution in [-0.2, 0) is 17.7 Å². The number of halogens is 4. The summed E-state index contributed by atoms with van der Waals surface area (Å²) in [4.78, 5) is 29.2. The summed E-state index contributed by atoms with van der Waals surface area (Å²) in [5, 5.41) is 0.202. The molecule has 172 valence electrons. The molecule has 0 spiro atoms. The van der Waals surface area contributed by atoms with Gasteiger partial charge in [-0.15, -0.1) is 0 Å². The van der Waals surface area contributed by atoms with E-state index in [2.05, 4.69) is 4.98 Å². The number of nitrogens with two attached hydrogens (primary N) is 1. The number of aryl methyl sites for hydroxylation is 1. The van der Waals surface area contributed by atoms with E-state index >= 15 is 0 Å². The first-order valence-electron chi connectivity index (χ1n) is 9.68. The molecule has 0 aliphatic carbocycles. The molecule has 3 rings (SSSR count). The van der Waals surface area contributed by atoms with Crippen LogP contribution >= 0.6 is 0 Å². The maximum Gasteiger partial charge on any atom is 0.419 e. The van der Waals surface area contributed by atoms with Crippen molar-refractivity contribution in [3.8, 4) is 0 Å². The average molecular weight is 454 g/mol. The zero-order valence-corrected chi connectivity index (χ0v) is 17.7. The number of carbonyl (C=O) groups is 1. The Kier molecular flexibility index (Phi) is 6.03. The van der Waals surface area contributed by atoms with E-state index in [9.17, 15) is 27.2 Å². The standard InChI is InChI=1S/C21H22F4N4O3/c1-20(2,3)32-19(31)29-15(10-28-11-27-9-16(26)18(28)30)8-13-7-14(22)6-12(17(13)29)4-5-21(23,24)25/h6-9,11H,4-5,10,26H2,1-3H3. The molecule has 0 bridgehead atoms. The molecule has 7 nitrogen and oxygen atoms in total. The Bertz CT molecular complexity index is 1220. The number of carbonyl (C=O) groups excluding carboxylic acids is 1. The van der Waals surface area contributed by atoms with Gasteiger partial charge in [0.15, 0.2) is 0 Å². The van der Waals surface area contributed by atoms with E-state index in [1.165, 1.54) is 18.6 Å². The highest BCUT2D eigenvalue weighted by molar-refractivity contribution is 5.93. The number of benzene rings is 1. The van der Waals surface area contributed by atoms with Crippen LogP contribution in [0.2, 0.25) is 0 Å². The van der Waals surface area contributed by atoms with Crippen molar-refractivity contribution in [3.05, 3.63) is 58.2 Å². The number of fused-ring (bicyclic) bond motifs is 1. The fourth-order valence-corrected chi connectivity index (χ4v) is 3.30. The largest absolute Gasteiger partial charge is 0.443 e. The molecular formula is C21H22F4N4O3. The molecule has 0 atom stereocenters. The first-order valence-corrected chi connectivity index (χ1v) is 9.68. The van der Waals surface area contributed by atoms with Gasteiger partial charge in [-0.25, -0.2) is 18.7 Å². The van der Waals surface area contributed by atoms with Crippen LogP contribution in [0.25, 0.3) is 10.9 Å². The SMILES string of the molecule is CC(C)(C)OC(=O)n1c(Cn2cncc(N)c2=O)cc2cc(F)cc(CCC(F)(F)F)c21. The number of alkyl halides is 3. The highest BCUT2D eigenvalue weighted by atomic mass is 19.4. The minimum atomic E-state index is -4.47. The summed E-state index contributed by atoms with van der Waals surface area (Å²) in [5.41, 5.74) is 4.29. The number of hydrogen-bond donors (Lipinski definition) is 1. The number of anilines is 1. The van der Waals surface area contributed by atoms with E-state index < -0.39 is 42.1 Å². The van der Waals surface area contributed by atoms with Crippen molar-refractivity contribution in [2.45, 2.75) is 51.9 Å². The van der Waals surface area contributed by atoms with Gasteiger partial charge in [-0.05, 0) is 51.0 Å². The molecule has 1 aromatic carbocycles. The average Bonchev–Trinajstić information content (AvgIpc) is 2.99. The van der Waals surface area contributed by atoms with Crippen molar-refractivity contribution in [1.82, 2.24) is 14.1 Å². The second-order valence-corrected chi connectivity index (χ2v) is 8.35. The first-order chi connectivity index (χ1) is 14.7. The minimum absolute atomic E-state index is 0.00696. The molecule has 0 saturated heterocycles. The second-order valence-electron chi connectivity index (χ2n) is 8.35. The summed E-state index contributed by atoms with van der Waals surface area (Å²) in [7, 11) is 0. The van der Waals surface area contributed by atoms with Crippen molar-refractivity contribution in [2.24, 2.45) is 0 Å². The fraction of sp³-hybridized carbons (Fsp3) is 0.381. The molecule has 0 amide bonds. The summed E-state index contributed by atoms with van der Waals surface area (Å²) in [6.07, 6.45) is -4.69. The Balaban J connectivity index is 2.21. The van der Waals surface area contributed by atoms with Crippen LogP contribution < -0.4 is 11.3 Å². The molecular weight excluding hydrogens is 432 g/mol. The van der Waals surface area contributed by atoms with Gasteiger partial charge in [-0.3, -0.25) is 9.36 Å². The molecule has 32 heavy (non-hydrogen) atoms. The van der Waals surface area contributed by atoms with E-state index in [0.29, 0.717) is 0 Å². The van der Waals surface area contributed by atoms with Crippen molar-refractivity contribution in [2.75, 3.05) is 5.73 Å². The third kappa shape index (κ3) is 5.27. The highest BCUT2D eigenvalue weighted by Gasteiger charge is 2.29. The Morgan fingerprint density at radius 2 is 1.88 bits per heavy atom. The maximum atomic E-state index is 14.2. The molecule has 2 N–H and O–H groups in total. The molecule has 11 heteroatoms. The predicted octanol–water partition coefficient (Wildman–Crippen LogP) is 4.25. The van der Waals surface area contributed by atoms with Crippen LogP contribution in [0.1, 0.15) is 38.4 Å². The van der Waals surface area contributed by atoms with Gasteiger partial charge in [0.25, 0.3) is 5.56 Å². The van der Waals surface area contributed by atoms with Crippen LogP contribution in [0, 0.1) is 5.82 Å². The van der Waals surface area contributed by atoms with Gasteiger partial charge in [0, 0.05) is 11.8 Å². The van der Waals surface area contributed by atoms with Gasteiger partial charge in [0.1, 0.15) is 17.1 Å². The summed E-state index contributed by atoms with van der Waals surface area (Å²) in [5.74, 6) is -0.745. The molecule has 0 saturated carbocycles. The van der Waals surface area contributed by atoms with Crippen molar-refractivity contribution >= 4 is 22.7 Å². The quantitative estimate of drug-likeness (QED) is 0.596. The minimum Gasteiger partial charge on any atom is -0.443 e. The summed E-state index contributed by atoms with van der Waals surface area (Å²) in [6.45, 7) is 4.71. The number of rotatable bonds is 4. The predicted molar refractivity (Wildman–Crippen MR) is 110 cm³/mol. The highest BCUT2D eigenvalue weighted by Crippen LogP contribution is 2.30. The smallest absolute Gasteiger partial charge is 0.419 e. The molecule has 0 aliphatic rings. The van der Waals surface area contributed by atoms with Gasteiger partial charge in [-0.2, -0.15) is 13.2 Å². The molecule has 0 fully saturated rings. The third-order valence-corrected chi connectivity index (χ3v) is 4.53. The molecule has 2 aromatic heterocycles. The molecule has 0 radical (unpaired) electrons. The van der Waals surface area contributed by atoms with E-state index in [4.69, 9.17) is 10.5 Å². The summed E-state index contributed by atoms with van der Waals surface area (Å²) in [6, 6.07) is 3.50. The van der Waals surface area contributed by atoms with E-state index in [0.717, 1.165) is 21.3 Å². The van der Waals surface area contributed by atoms with E-state index in [-0.39, 0.29) is 34.4 Å². The lowest BCUT2D eigenvalue weighted by molar-refractivity contribution is -0.133. The molecule has 2 heterocycles. The van der Waals surface area contributed by atoms with Gasteiger partial charge in [0.2, 0.25) is 0 Å². The summed E-state index contributed by atoms with van der Waals surface area (Å²) >= 11 is 0. The van der Waals surface area contributed by atoms with E-state index in [1.54, 1.807) is 20.8 Å². The van der Waals surface area contributed by atoms with Crippen molar-refractivity contribution in [3.63, 3.8) is 0 Å². The normalized spacial score (nSPS) is 12.3. The lowest BCUT2D eigenvalue weighted by atomic mass is 10.1. The number of hydrogen-bond acceptors (Lipinski definition) is 5. The van der Waals surface area contributed by atoms with Crippen LogP contribution in [0.15, 0.2) is 35.5 Å². The van der Waals surface area contributed by atoms with Gasteiger partial charge < -0.3 is 10.5 Å². The molecule has 3 aromatic rings. The van der Waals surface area contributed by atoms with Gasteiger partial charge >= 0.3 is 12.3 Å². The Morgan fingerprint density at radius 3 is 2.50 bits per heavy atom. The van der Waals surface area contributed by atoms with Gasteiger partial charge in [-0.1, -0.05) is 0 Å². The van der Waals surface area contributed by atoms with Gasteiger partial charge in [0.05, 0.1) is 30.3 Å². The maximum absolute atomic E-state index is 14.2. The first kappa shape index (κ1) is 23.3. The lowest BCUT2D eigenvalue weighted by Gasteiger charge is -2.21. The second kappa shape index (κ2) is 8.29. The van der Waals surface area contributed by atoms with Crippen molar-refractivity contribution < 1.29 is 27.1 Å². The number of aromatic nitrogens is 3. The Morgan fingerprint density at radius 1 is 1.19 bits per heavy atom. The van der Waals surface area contributed by atoms with Crippen molar-refractivity contribution in [1.29, 1.82) is 0 Å². The Hall–Kier alpha value is -3.37. The molecule has 0 aliphatic heterocycles. The third-order valence-electron chi connectivity index (χ3n) is 4.53. The zero-order chi connectivity index (χ0) is 23.8. The molecule has 0 unspecified atom stereocenters. The zero-order valence-electron chi connectivity index (χ0n) is 17.7. The monoisotopic (exact) mass is 454 g/mol. The van der Waals surface area contributed by atoms with Crippen LogP contribution in [0.4, 0.5) is 28.0 Å².